The summed E-state index contributed by atoms with van der Waals surface area (Å²) in [6.45, 7) is 5.43. The lowest BCUT2D eigenvalue weighted by Crippen LogP contribution is -2.24. The molecule has 1 aromatic rings. The summed E-state index contributed by atoms with van der Waals surface area (Å²) in [5.74, 6) is -0.903. The van der Waals surface area contributed by atoms with Crippen molar-refractivity contribution in [1.29, 1.82) is 0 Å². The fourth-order valence-electron chi connectivity index (χ4n) is 2.22. The number of nitrogens with one attached hydrogen (secondary N) is 1. The first-order valence-corrected chi connectivity index (χ1v) is 6.15. The molecule has 0 spiro atoms. The molecule has 1 aliphatic heterocycles. The van der Waals surface area contributed by atoms with Gasteiger partial charge in [0.25, 0.3) is 5.91 Å². The average molecular weight is 252 g/mol. The van der Waals surface area contributed by atoms with Crippen molar-refractivity contribution in [2.24, 2.45) is 0 Å². The number of aliphatic hydroxyl groups excluding tert-OH is 1. The van der Waals surface area contributed by atoms with E-state index in [0.29, 0.717) is 23.5 Å². The van der Waals surface area contributed by atoms with Gasteiger partial charge < -0.3 is 15.3 Å². The van der Waals surface area contributed by atoms with E-state index < -0.39 is 17.8 Å². The fraction of sp³-hybridized carbons (Fsp3) is 0.462. The second-order valence-corrected chi connectivity index (χ2v) is 4.36. The number of fused-ring (bicyclic) bond motifs is 1. The molecule has 0 aromatic heterocycles. The van der Waals surface area contributed by atoms with Crippen molar-refractivity contribution in [1.82, 2.24) is 0 Å². The van der Waals surface area contributed by atoms with Crippen LogP contribution in [0, 0.1) is 5.82 Å². The second kappa shape index (κ2) is 4.94. The minimum Gasteiger partial charge on any atom is -0.378 e. The maximum Gasteiger partial charge on any atom is 0.257 e. The van der Waals surface area contributed by atoms with Crippen molar-refractivity contribution in [2.45, 2.75) is 26.4 Å². The number of hydrogen-bond acceptors (Lipinski definition) is 3. The van der Waals surface area contributed by atoms with Gasteiger partial charge >= 0.3 is 0 Å². The van der Waals surface area contributed by atoms with Crippen molar-refractivity contribution >= 4 is 17.3 Å². The summed E-state index contributed by atoms with van der Waals surface area (Å²) >= 11 is 0. The van der Waals surface area contributed by atoms with E-state index in [-0.39, 0.29) is 0 Å². The van der Waals surface area contributed by atoms with Gasteiger partial charge in [-0.1, -0.05) is 6.92 Å². The zero-order valence-corrected chi connectivity index (χ0v) is 10.5. The third-order valence-corrected chi connectivity index (χ3v) is 3.14. The fourth-order valence-corrected chi connectivity index (χ4v) is 2.22. The largest absolute Gasteiger partial charge is 0.378 e. The Morgan fingerprint density at radius 2 is 2.17 bits per heavy atom. The number of halogens is 1. The molecule has 0 aliphatic carbocycles. The van der Waals surface area contributed by atoms with Crippen LogP contribution in [-0.4, -0.2) is 24.1 Å². The molecule has 98 valence electrons. The molecule has 0 radical (unpaired) electrons. The normalized spacial score (nSPS) is 17.6. The van der Waals surface area contributed by atoms with E-state index in [1.807, 2.05) is 18.7 Å². The van der Waals surface area contributed by atoms with Gasteiger partial charge in [0.05, 0.1) is 5.69 Å². The van der Waals surface area contributed by atoms with Crippen LogP contribution in [0.1, 0.15) is 31.9 Å². The molecule has 1 aliphatic rings. The topological polar surface area (TPSA) is 52.6 Å². The number of rotatable bonds is 4. The summed E-state index contributed by atoms with van der Waals surface area (Å²) in [7, 11) is 0. The third-order valence-electron chi connectivity index (χ3n) is 3.14. The van der Waals surface area contributed by atoms with Gasteiger partial charge in [-0.15, -0.1) is 0 Å². The van der Waals surface area contributed by atoms with Crippen LogP contribution in [0.5, 0.6) is 0 Å². The number of carbonyl (C=O) groups excluding carboxylic acids is 1. The maximum absolute atomic E-state index is 14.0. The zero-order chi connectivity index (χ0) is 13.3. The average Bonchev–Trinajstić information content (AvgIpc) is 2.62. The minimum absolute atomic E-state index is 0.314. The van der Waals surface area contributed by atoms with Gasteiger partial charge in [0, 0.05) is 24.3 Å². The van der Waals surface area contributed by atoms with Crippen molar-refractivity contribution in [3.05, 3.63) is 23.5 Å². The molecule has 1 amide bonds. The molecule has 4 nitrogen and oxygen atoms in total. The summed E-state index contributed by atoms with van der Waals surface area (Å²) < 4.78 is 14.0. The van der Waals surface area contributed by atoms with E-state index in [0.717, 1.165) is 13.0 Å². The molecule has 1 heterocycles. The Morgan fingerprint density at radius 1 is 1.44 bits per heavy atom. The first kappa shape index (κ1) is 12.8. The Hall–Kier alpha value is -1.62. The predicted molar refractivity (Wildman–Crippen MR) is 68.2 cm³/mol. The quantitative estimate of drug-likeness (QED) is 0.862. The maximum atomic E-state index is 14.0. The first-order valence-electron chi connectivity index (χ1n) is 6.15. The molecule has 0 bridgehead atoms. The monoisotopic (exact) mass is 252 g/mol. The number of carbonyl (C=O) groups is 1. The van der Waals surface area contributed by atoms with Crippen molar-refractivity contribution in [3.63, 3.8) is 0 Å². The molecule has 1 atom stereocenters. The Balaban J connectivity index is 2.40. The number of hydrogen-bond donors (Lipinski definition) is 2. The standard InChI is InChI=1S/C13H17FN2O2/c1-3-5-16(4-2)11-7-10-8(6-9(11)14)12(17)13(18)15-10/h6-7,12,17H,3-5H2,1-2H3,(H,15,18). The lowest BCUT2D eigenvalue weighted by molar-refractivity contribution is -0.123. The molecule has 18 heavy (non-hydrogen) atoms. The van der Waals surface area contributed by atoms with Gasteiger partial charge in [0.1, 0.15) is 5.82 Å². The van der Waals surface area contributed by atoms with Gasteiger partial charge in [-0.3, -0.25) is 4.79 Å². The molecule has 2 rings (SSSR count). The Morgan fingerprint density at radius 3 is 2.78 bits per heavy atom. The predicted octanol–water partition coefficient (Wildman–Crippen LogP) is 2.05. The van der Waals surface area contributed by atoms with Crippen LogP contribution in [0.2, 0.25) is 0 Å². The van der Waals surface area contributed by atoms with E-state index in [1.165, 1.54) is 6.07 Å². The summed E-state index contributed by atoms with van der Waals surface area (Å²) in [6, 6.07) is 2.84. The van der Waals surface area contributed by atoms with Gasteiger partial charge in [-0.2, -0.15) is 0 Å². The van der Waals surface area contributed by atoms with E-state index >= 15 is 0 Å². The second-order valence-electron chi connectivity index (χ2n) is 4.36. The van der Waals surface area contributed by atoms with Crippen LogP contribution < -0.4 is 10.2 Å². The van der Waals surface area contributed by atoms with Crippen molar-refractivity contribution in [3.8, 4) is 0 Å². The molecule has 1 aromatic carbocycles. The number of aliphatic hydroxyl groups is 1. The zero-order valence-electron chi connectivity index (χ0n) is 10.5. The lowest BCUT2D eigenvalue weighted by atomic mass is 10.1. The molecule has 5 heteroatoms. The van der Waals surface area contributed by atoms with E-state index in [2.05, 4.69) is 5.32 Å². The SMILES string of the molecule is CCCN(CC)c1cc2c(cc1F)C(O)C(=O)N2. The lowest BCUT2D eigenvalue weighted by Gasteiger charge is -2.23. The molecule has 1 unspecified atom stereocenters. The highest BCUT2D eigenvalue weighted by atomic mass is 19.1. The molecular formula is C13H17FN2O2. The van der Waals surface area contributed by atoms with Crippen molar-refractivity contribution < 1.29 is 14.3 Å². The Labute approximate surface area is 105 Å². The summed E-state index contributed by atoms with van der Waals surface area (Å²) in [5.41, 5.74) is 1.28. The van der Waals surface area contributed by atoms with Crippen LogP contribution in [0.25, 0.3) is 0 Å². The number of anilines is 2. The van der Waals surface area contributed by atoms with Crippen molar-refractivity contribution in [2.75, 3.05) is 23.3 Å². The van der Waals surface area contributed by atoms with Crippen LogP contribution in [0.4, 0.5) is 15.8 Å². The molecule has 2 N–H and O–H groups in total. The third kappa shape index (κ3) is 2.06. The van der Waals surface area contributed by atoms with Gasteiger partial charge in [0.15, 0.2) is 6.10 Å². The number of nitrogens with zero attached hydrogens (tertiary/aromatic N) is 1. The number of benzene rings is 1. The molecule has 0 fully saturated rings. The van der Waals surface area contributed by atoms with Crippen LogP contribution in [0.15, 0.2) is 12.1 Å². The summed E-state index contributed by atoms with van der Waals surface area (Å²) in [4.78, 5) is 13.2. The highest BCUT2D eigenvalue weighted by Gasteiger charge is 2.30. The van der Waals surface area contributed by atoms with Crippen LogP contribution >= 0.6 is 0 Å². The molecular weight excluding hydrogens is 235 g/mol. The summed E-state index contributed by atoms with van der Waals surface area (Å²) in [6.07, 6.45) is -0.343. The highest BCUT2D eigenvalue weighted by molar-refractivity contribution is 6.02. The van der Waals surface area contributed by atoms with Gasteiger partial charge in [0.2, 0.25) is 0 Å². The van der Waals surface area contributed by atoms with Crippen LogP contribution in [-0.2, 0) is 4.79 Å². The first-order chi connectivity index (χ1) is 8.58. The van der Waals surface area contributed by atoms with Gasteiger partial charge in [-0.05, 0) is 25.5 Å². The summed E-state index contributed by atoms with van der Waals surface area (Å²) in [5, 5.41) is 12.1. The molecule has 0 saturated carbocycles. The smallest absolute Gasteiger partial charge is 0.257 e. The molecule has 0 saturated heterocycles. The highest BCUT2D eigenvalue weighted by Crippen LogP contribution is 2.35. The van der Waals surface area contributed by atoms with E-state index in [4.69, 9.17) is 0 Å². The Kier molecular flexibility index (Phi) is 3.52. The van der Waals surface area contributed by atoms with E-state index in [9.17, 15) is 14.3 Å². The van der Waals surface area contributed by atoms with E-state index in [1.54, 1.807) is 6.07 Å². The Bertz CT molecular complexity index is 476. The number of amides is 1. The van der Waals surface area contributed by atoms with Gasteiger partial charge in [-0.25, -0.2) is 4.39 Å². The minimum atomic E-state index is -1.26. The van der Waals surface area contributed by atoms with Crippen LogP contribution in [0.3, 0.4) is 0 Å².